The summed E-state index contributed by atoms with van der Waals surface area (Å²) in [5.74, 6) is 0.651. The highest BCUT2D eigenvalue weighted by Gasteiger charge is 2.00. The van der Waals surface area contributed by atoms with E-state index in [1.165, 1.54) is 0 Å². The van der Waals surface area contributed by atoms with E-state index in [0.29, 0.717) is 18.9 Å². The fourth-order valence-electron chi connectivity index (χ4n) is 1.23. The SMILES string of the molecule is NCc1ncn(Cc2cncc(Br)c2)n1. The van der Waals surface area contributed by atoms with Gasteiger partial charge in [0, 0.05) is 16.9 Å². The van der Waals surface area contributed by atoms with Crippen LogP contribution in [0.25, 0.3) is 0 Å². The molecule has 6 heteroatoms. The van der Waals surface area contributed by atoms with Crippen LogP contribution in [0.15, 0.2) is 29.3 Å². The summed E-state index contributed by atoms with van der Waals surface area (Å²) in [5, 5.41) is 4.19. The van der Waals surface area contributed by atoms with Gasteiger partial charge < -0.3 is 5.73 Å². The maximum absolute atomic E-state index is 5.42. The Bertz CT molecular complexity index is 453. The van der Waals surface area contributed by atoms with Crippen molar-refractivity contribution >= 4 is 15.9 Å². The number of nitrogens with two attached hydrogens (primary N) is 1. The van der Waals surface area contributed by atoms with Crippen molar-refractivity contribution in [2.75, 3.05) is 0 Å². The van der Waals surface area contributed by atoms with E-state index in [1.807, 2.05) is 6.07 Å². The minimum atomic E-state index is 0.365. The van der Waals surface area contributed by atoms with Gasteiger partial charge in [-0.05, 0) is 27.6 Å². The number of nitrogens with zero attached hydrogens (tertiary/aromatic N) is 4. The molecule has 0 fully saturated rings. The van der Waals surface area contributed by atoms with Crippen molar-refractivity contribution in [1.29, 1.82) is 0 Å². The molecule has 5 nitrogen and oxygen atoms in total. The van der Waals surface area contributed by atoms with E-state index < -0.39 is 0 Å². The van der Waals surface area contributed by atoms with Gasteiger partial charge in [0.1, 0.15) is 6.33 Å². The molecule has 0 saturated carbocycles. The highest BCUT2D eigenvalue weighted by molar-refractivity contribution is 9.10. The van der Waals surface area contributed by atoms with Gasteiger partial charge in [0.05, 0.1) is 13.1 Å². The average molecular weight is 268 g/mol. The Kier molecular flexibility index (Phi) is 3.08. The Morgan fingerprint density at radius 2 is 2.27 bits per heavy atom. The Labute approximate surface area is 95.5 Å². The van der Waals surface area contributed by atoms with E-state index in [-0.39, 0.29) is 0 Å². The molecule has 0 spiro atoms. The number of hydrogen-bond donors (Lipinski definition) is 1. The van der Waals surface area contributed by atoms with Crippen molar-refractivity contribution in [2.24, 2.45) is 5.73 Å². The van der Waals surface area contributed by atoms with E-state index in [4.69, 9.17) is 5.73 Å². The minimum absolute atomic E-state index is 0.365. The Hall–Kier alpha value is -1.27. The number of pyridine rings is 1. The van der Waals surface area contributed by atoms with Gasteiger partial charge in [0.2, 0.25) is 0 Å². The topological polar surface area (TPSA) is 69.6 Å². The Balaban J connectivity index is 2.14. The second-order valence-corrected chi connectivity index (χ2v) is 3.99. The van der Waals surface area contributed by atoms with Crippen molar-refractivity contribution < 1.29 is 0 Å². The maximum Gasteiger partial charge on any atom is 0.164 e. The van der Waals surface area contributed by atoms with Gasteiger partial charge in [-0.3, -0.25) is 4.98 Å². The predicted octanol–water partition coefficient (Wildman–Crippen LogP) is 0.943. The first-order valence-corrected chi connectivity index (χ1v) is 5.25. The number of hydrogen-bond acceptors (Lipinski definition) is 4. The third kappa shape index (κ3) is 2.60. The molecule has 15 heavy (non-hydrogen) atoms. The summed E-state index contributed by atoms with van der Waals surface area (Å²) in [4.78, 5) is 8.12. The lowest BCUT2D eigenvalue weighted by Gasteiger charge is -2.00. The van der Waals surface area contributed by atoms with Crippen LogP contribution in [0, 0.1) is 0 Å². The van der Waals surface area contributed by atoms with Gasteiger partial charge in [-0.2, -0.15) is 5.10 Å². The van der Waals surface area contributed by atoms with Crippen LogP contribution in [0.2, 0.25) is 0 Å². The Morgan fingerprint density at radius 3 is 2.93 bits per heavy atom. The molecule has 0 aliphatic rings. The summed E-state index contributed by atoms with van der Waals surface area (Å²) in [6.07, 6.45) is 5.22. The van der Waals surface area contributed by atoms with Crippen molar-refractivity contribution in [3.63, 3.8) is 0 Å². The minimum Gasteiger partial charge on any atom is -0.324 e. The summed E-state index contributed by atoms with van der Waals surface area (Å²) >= 11 is 3.37. The molecule has 0 aliphatic carbocycles. The molecule has 0 bridgehead atoms. The monoisotopic (exact) mass is 267 g/mol. The fourth-order valence-corrected chi connectivity index (χ4v) is 1.64. The third-order valence-corrected chi connectivity index (χ3v) is 2.31. The molecule has 2 aromatic rings. The molecular formula is C9H10BrN5. The zero-order valence-corrected chi connectivity index (χ0v) is 9.55. The van der Waals surface area contributed by atoms with Crippen LogP contribution in [0.3, 0.4) is 0 Å². The highest BCUT2D eigenvalue weighted by Crippen LogP contribution is 2.10. The van der Waals surface area contributed by atoms with Crippen molar-refractivity contribution in [1.82, 2.24) is 19.7 Å². The van der Waals surface area contributed by atoms with E-state index in [9.17, 15) is 0 Å². The van der Waals surface area contributed by atoms with Gasteiger partial charge in [-0.25, -0.2) is 9.67 Å². The van der Waals surface area contributed by atoms with E-state index in [0.717, 1.165) is 10.0 Å². The molecule has 2 heterocycles. The first-order chi connectivity index (χ1) is 7.28. The molecule has 0 unspecified atom stereocenters. The molecule has 0 amide bonds. The van der Waals surface area contributed by atoms with Gasteiger partial charge >= 0.3 is 0 Å². The van der Waals surface area contributed by atoms with Crippen molar-refractivity contribution in [3.8, 4) is 0 Å². The van der Waals surface area contributed by atoms with Crippen LogP contribution in [0.1, 0.15) is 11.4 Å². The molecule has 0 atom stereocenters. The molecule has 0 radical (unpaired) electrons. The molecule has 0 aromatic carbocycles. The number of rotatable bonds is 3. The molecule has 2 N–H and O–H groups in total. The lowest BCUT2D eigenvalue weighted by atomic mass is 10.3. The zero-order valence-electron chi connectivity index (χ0n) is 7.97. The van der Waals surface area contributed by atoms with Gasteiger partial charge in [-0.15, -0.1) is 0 Å². The summed E-state index contributed by atoms with van der Waals surface area (Å²) < 4.78 is 2.70. The summed E-state index contributed by atoms with van der Waals surface area (Å²) in [7, 11) is 0. The number of halogens is 1. The van der Waals surface area contributed by atoms with Gasteiger partial charge in [-0.1, -0.05) is 0 Å². The summed E-state index contributed by atoms with van der Waals surface area (Å²) in [6, 6.07) is 2.00. The molecule has 78 valence electrons. The van der Waals surface area contributed by atoms with Crippen LogP contribution >= 0.6 is 15.9 Å². The average Bonchev–Trinajstić information content (AvgIpc) is 2.65. The summed E-state index contributed by atoms with van der Waals surface area (Å²) in [5.41, 5.74) is 6.49. The van der Waals surface area contributed by atoms with E-state index in [1.54, 1.807) is 23.4 Å². The Morgan fingerprint density at radius 1 is 1.40 bits per heavy atom. The standard InChI is InChI=1S/C9H10BrN5/c10-8-1-7(3-12-4-8)5-15-6-13-9(2-11)14-15/h1,3-4,6H,2,5,11H2. The molecule has 0 aliphatic heterocycles. The summed E-state index contributed by atoms with van der Waals surface area (Å²) in [6.45, 7) is 1.02. The third-order valence-electron chi connectivity index (χ3n) is 1.87. The molecular weight excluding hydrogens is 258 g/mol. The molecule has 2 rings (SSSR count). The maximum atomic E-state index is 5.42. The van der Waals surface area contributed by atoms with Crippen molar-refractivity contribution in [2.45, 2.75) is 13.1 Å². The van der Waals surface area contributed by atoms with Gasteiger partial charge in [0.25, 0.3) is 0 Å². The molecule has 2 aromatic heterocycles. The second-order valence-electron chi connectivity index (χ2n) is 3.07. The van der Waals surface area contributed by atoms with Gasteiger partial charge in [0.15, 0.2) is 5.82 Å². The lowest BCUT2D eigenvalue weighted by molar-refractivity contribution is 0.669. The smallest absolute Gasteiger partial charge is 0.164 e. The van der Waals surface area contributed by atoms with E-state index >= 15 is 0 Å². The van der Waals surface area contributed by atoms with Crippen LogP contribution in [0.4, 0.5) is 0 Å². The molecule has 0 saturated heterocycles. The highest BCUT2D eigenvalue weighted by atomic mass is 79.9. The van der Waals surface area contributed by atoms with E-state index in [2.05, 4.69) is 31.0 Å². The van der Waals surface area contributed by atoms with Crippen LogP contribution in [0.5, 0.6) is 0 Å². The quantitative estimate of drug-likeness (QED) is 0.899. The normalized spacial score (nSPS) is 10.5. The number of aromatic nitrogens is 4. The largest absolute Gasteiger partial charge is 0.324 e. The second kappa shape index (κ2) is 4.50. The van der Waals surface area contributed by atoms with Crippen LogP contribution in [-0.4, -0.2) is 19.7 Å². The first-order valence-electron chi connectivity index (χ1n) is 4.46. The zero-order chi connectivity index (χ0) is 10.7. The first kappa shape index (κ1) is 10.3. The van der Waals surface area contributed by atoms with Crippen LogP contribution < -0.4 is 5.73 Å². The fraction of sp³-hybridized carbons (Fsp3) is 0.222. The lowest BCUT2D eigenvalue weighted by Crippen LogP contribution is -2.03. The van der Waals surface area contributed by atoms with Crippen LogP contribution in [-0.2, 0) is 13.1 Å². The van der Waals surface area contributed by atoms with Crippen molar-refractivity contribution in [3.05, 3.63) is 40.6 Å². The predicted molar refractivity (Wildman–Crippen MR) is 59.0 cm³/mol.